The second-order valence-corrected chi connectivity index (χ2v) is 5.33. The summed E-state index contributed by atoms with van der Waals surface area (Å²) in [6.07, 6.45) is 0. The van der Waals surface area contributed by atoms with E-state index in [9.17, 15) is 4.79 Å². The Kier molecular flexibility index (Phi) is 3.24. The summed E-state index contributed by atoms with van der Waals surface area (Å²) < 4.78 is 0. The number of halogens is 2. The molecule has 0 aliphatic heterocycles. The quantitative estimate of drug-likeness (QED) is 0.732. The molecule has 0 saturated heterocycles. The van der Waals surface area contributed by atoms with Gasteiger partial charge in [-0.15, -0.1) is 0 Å². The summed E-state index contributed by atoms with van der Waals surface area (Å²) in [5.74, 6) is 0.421. The molecule has 3 nitrogen and oxygen atoms in total. The lowest BCUT2D eigenvalue weighted by Gasteiger charge is -2.08. The average molecular weight is 305 g/mol. The van der Waals surface area contributed by atoms with Crippen LogP contribution in [-0.4, -0.2) is 9.97 Å². The minimum absolute atomic E-state index is 0.195. The number of rotatable bonds is 1. The molecule has 100 valence electrons. The smallest absolute Gasteiger partial charge is 0.259 e. The van der Waals surface area contributed by atoms with E-state index < -0.39 is 0 Å². The van der Waals surface area contributed by atoms with Gasteiger partial charge in [0, 0.05) is 10.6 Å². The topological polar surface area (TPSA) is 45.8 Å². The molecule has 3 rings (SSSR count). The summed E-state index contributed by atoms with van der Waals surface area (Å²) in [5.41, 5.74) is 1.89. The van der Waals surface area contributed by atoms with Gasteiger partial charge in [-0.3, -0.25) is 4.79 Å². The highest BCUT2D eigenvalue weighted by Crippen LogP contribution is 2.31. The maximum absolute atomic E-state index is 12.1. The first-order valence-electron chi connectivity index (χ1n) is 6.01. The SMILES string of the molecule is Cc1cc(Cl)cc(-c2nc3ccccc3c(=O)[nH]2)c1Cl. The number of benzene rings is 2. The molecule has 0 spiro atoms. The van der Waals surface area contributed by atoms with Gasteiger partial charge in [0.15, 0.2) is 0 Å². The van der Waals surface area contributed by atoms with Crippen LogP contribution in [0.25, 0.3) is 22.3 Å². The predicted molar refractivity (Wildman–Crippen MR) is 82.6 cm³/mol. The summed E-state index contributed by atoms with van der Waals surface area (Å²) in [7, 11) is 0. The largest absolute Gasteiger partial charge is 0.306 e. The van der Waals surface area contributed by atoms with Crippen LogP contribution < -0.4 is 5.56 Å². The summed E-state index contributed by atoms with van der Waals surface area (Å²) in [4.78, 5) is 19.3. The molecule has 1 N–H and O–H groups in total. The molecule has 0 aliphatic rings. The van der Waals surface area contributed by atoms with Gasteiger partial charge in [0.25, 0.3) is 5.56 Å². The summed E-state index contributed by atoms with van der Waals surface area (Å²) in [6.45, 7) is 1.86. The predicted octanol–water partition coefficient (Wildman–Crippen LogP) is 4.21. The maximum atomic E-state index is 12.1. The van der Waals surface area contributed by atoms with E-state index in [-0.39, 0.29) is 5.56 Å². The molecule has 0 radical (unpaired) electrons. The van der Waals surface area contributed by atoms with E-state index in [0.29, 0.717) is 32.3 Å². The van der Waals surface area contributed by atoms with Gasteiger partial charge in [0.2, 0.25) is 0 Å². The Morgan fingerprint density at radius 2 is 1.90 bits per heavy atom. The zero-order valence-corrected chi connectivity index (χ0v) is 12.1. The van der Waals surface area contributed by atoms with Crippen LogP contribution in [0.4, 0.5) is 0 Å². The zero-order chi connectivity index (χ0) is 14.3. The third kappa shape index (κ3) is 2.19. The Bertz CT molecular complexity index is 871. The molecular weight excluding hydrogens is 295 g/mol. The first-order valence-corrected chi connectivity index (χ1v) is 6.77. The molecule has 1 heterocycles. The zero-order valence-electron chi connectivity index (χ0n) is 10.6. The molecular formula is C15H10Cl2N2O. The van der Waals surface area contributed by atoms with Crippen LogP contribution in [0, 0.1) is 6.92 Å². The van der Waals surface area contributed by atoms with Crippen molar-refractivity contribution in [2.24, 2.45) is 0 Å². The Morgan fingerprint density at radius 3 is 2.70 bits per heavy atom. The Labute approximate surface area is 125 Å². The number of H-pyrrole nitrogens is 1. The van der Waals surface area contributed by atoms with E-state index in [1.807, 2.05) is 13.0 Å². The number of nitrogens with one attached hydrogen (secondary N) is 1. The number of hydrogen-bond acceptors (Lipinski definition) is 2. The molecule has 0 saturated carbocycles. The van der Waals surface area contributed by atoms with E-state index in [4.69, 9.17) is 23.2 Å². The minimum Gasteiger partial charge on any atom is -0.306 e. The molecule has 0 amide bonds. The van der Waals surface area contributed by atoms with Crippen LogP contribution in [0.5, 0.6) is 0 Å². The maximum Gasteiger partial charge on any atom is 0.259 e. The van der Waals surface area contributed by atoms with E-state index in [0.717, 1.165) is 5.56 Å². The van der Waals surface area contributed by atoms with Gasteiger partial charge in [-0.1, -0.05) is 35.3 Å². The lowest BCUT2D eigenvalue weighted by molar-refractivity contribution is 1.18. The molecule has 1 aromatic heterocycles. The molecule has 2 aromatic carbocycles. The van der Waals surface area contributed by atoms with Crippen molar-refractivity contribution in [1.82, 2.24) is 9.97 Å². The first-order chi connectivity index (χ1) is 9.56. The van der Waals surface area contributed by atoms with Crippen LogP contribution >= 0.6 is 23.2 Å². The molecule has 0 atom stereocenters. The third-order valence-electron chi connectivity index (χ3n) is 3.09. The fourth-order valence-electron chi connectivity index (χ4n) is 2.11. The van der Waals surface area contributed by atoms with Gasteiger partial charge in [-0.2, -0.15) is 0 Å². The molecule has 3 aromatic rings. The number of hydrogen-bond donors (Lipinski definition) is 1. The van der Waals surface area contributed by atoms with E-state index in [2.05, 4.69) is 9.97 Å². The standard InChI is InChI=1S/C15H10Cl2N2O/c1-8-6-9(16)7-11(13(8)17)14-18-12-5-3-2-4-10(12)15(20)19-14/h2-7H,1H3,(H,18,19,20). The van der Waals surface area contributed by atoms with Crippen molar-refractivity contribution < 1.29 is 0 Å². The number of aryl methyl sites for hydroxylation is 1. The summed E-state index contributed by atoms with van der Waals surface area (Å²) in [5, 5.41) is 1.64. The molecule has 5 heteroatoms. The van der Waals surface area contributed by atoms with Crippen LogP contribution in [0.3, 0.4) is 0 Å². The van der Waals surface area contributed by atoms with Crippen molar-refractivity contribution in [2.75, 3.05) is 0 Å². The Hall–Kier alpha value is -1.84. The highest BCUT2D eigenvalue weighted by Gasteiger charge is 2.11. The minimum atomic E-state index is -0.195. The van der Waals surface area contributed by atoms with Gasteiger partial charge in [0.1, 0.15) is 5.82 Å². The van der Waals surface area contributed by atoms with Crippen LogP contribution in [0.1, 0.15) is 5.56 Å². The molecule has 0 aliphatic carbocycles. The fraction of sp³-hybridized carbons (Fsp3) is 0.0667. The number of fused-ring (bicyclic) bond motifs is 1. The monoisotopic (exact) mass is 304 g/mol. The van der Waals surface area contributed by atoms with E-state index >= 15 is 0 Å². The van der Waals surface area contributed by atoms with Crippen molar-refractivity contribution >= 4 is 34.1 Å². The van der Waals surface area contributed by atoms with Crippen molar-refractivity contribution in [3.05, 3.63) is 62.4 Å². The normalized spacial score (nSPS) is 10.9. The summed E-state index contributed by atoms with van der Waals surface area (Å²) in [6, 6.07) is 10.6. The fourth-order valence-corrected chi connectivity index (χ4v) is 2.58. The van der Waals surface area contributed by atoms with E-state index in [1.165, 1.54) is 0 Å². The van der Waals surface area contributed by atoms with Crippen LogP contribution in [0.15, 0.2) is 41.2 Å². The van der Waals surface area contributed by atoms with Crippen LogP contribution in [0.2, 0.25) is 10.0 Å². The second-order valence-electron chi connectivity index (χ2n) is 4.52. The molecule has 0 fully saturated rings. The van der Waals surface area contributed by atoms with Gasteiger partial charge in [0.05, 0.1) is 15.9 Å². The number of para-hydroxylation sites is 1. The Morgan fingerprint density at radius 1 is 1.15 bits per heavy atom. The van der Waals surface area contributed by atoms with E-state index in [1.54, 1.807) is 30.3 Å². The number of nitrogens with zero attached hydrogens (tertiary/aromatic N) is 1. The highest BCUT2D eigenvalue weighted by atomic mass is 35.5. The van der Waals surface area contributed by atoms with Crippen LogP contribution in [-0.2, 0) is 0 Å². The van der Waals surface area contributed by atoms with Gasteiger partial charge >= 0.3 is 0 Å². The Balaban J connectivity index is 2.33. The third-order valence-corrected chi connectivity index (χ3v) is 3.81. The average Bonchev–Trinajstić information content (AvgIpc) is 2.43. The second kappa shape index (κ2) is 4.93. The number of aromatic nitrogens is 2. The lowest BCUT2D eigenvalue weighted by atomic mass is 10.1. The van der Waals surface area contributed by atoms with Gasteiger partial charge in [-0.05, 0) is 36.8 Å². The van der Waals surface area contributed by atoms with Crippen molar-refractivity contribution in [3.8, 4) is 11.4 Å². The molecule has 20 heavy (non-hydrogen) atoms. The van der Waals surface area contributed by atoms with Crippen molar-refractivity contribution in [1.29, 1.82) is 0 Å². The van der Waals surface area contributed by atoms with Gasteiger partial charge < -0.3 is 4.98 Å². The summed E-state index contributed by atoms with van der Waals surface area (Å²) >= 11 is 12.3. The number of aromatic amines is 1. The highest BCUT2D eigenvalue weighted by molar-refractivity contribution is 6.36. The lowest BCUT2D eigenvalue weighted by Crippen LogP contribution is -2.09. The molecule has 0 bridgehead atoms. The van der Waals surface area contributed by atoms with Crippen molar-refractivity contribution in [3.63, 3.8) is 0 Å². The molecule has 0 unspecified atom stereocenters. The van der Waals surface area contributed by atoms with Crippen molar-refractivity contribution in [2.45, 2.75) is 6.92 Å². The first kappa shape index (κ1) is 13.2. The van der Waals surface area contributed by atoms with Gasteiger partial charge in [-0.25, -0.2) is 4.98 Å².